The van der Waals surface area contributed by atoms with E-state index in [0.717, 1.165) is 38.5 Å². The third-order valence-electron chi connectivity index (χ3n) is 3.63. The molecule has 0 aromatic carbocycles. The van der Waals surface area contributed by atoms with Gasteiger partial charge in [-0.1, -0.05) is 46.1 Å². The molecule has 0 aromatic heterocycles. The summed E-state index contributed by atoms with van der Waals surface area (Å²) in [4.78, 5) is 30.0. The third kappa shape index (κ3) is 10.7. The summed E-state index contributed by atoms with van der Waals surface area (Å²) in [6.45, 7) is 8.94. The van der Waals surface area contributed by atoms with Crippen molar-refractivity contribution >= 4 is 13.8 Å². The Morgan fingerprint density at radius 3 is 1.91 bits per heavy atom. The van der Waals surface area contributed by atoms with Crippen LogP contribution in [0.15, 0.2) is 12.2 Å². The maximum Gasteiger partial charge on any atom is 0.469 e. The van der Waals surface area contributed by atoms with Crippen LogP contribution in [0.25, 0.3) is 0 Å². The summed E-state index contributed by atoms with van der Waals surface area (Å²) in [6.07, 6.45) is 6.55. The fourth-order valence-corrected chi connectivity index (χ4v) is 2.68. The lowest BCUT2D eigenvalue weighted by molar-refractivity contribution is -0.161. The number of esters is 1. The van der Waals surface area contributed by atoms with E-state index in [1.54, 1.807) is 6.92 Å². The summed E-state index contributed by atoms with van der Waals surface area (Å²) in [5.41, 5.74) is -0.752. The molecule has 0 rings (SSSR count). The monoisotopic (exact) mass is 350 g/mol. The Morgan fingerprint density at radius 2 is 1.57 bits per heavy atom. The molecule has 6 nitrogen and oxygen atoms in total. The number of unbranched alkanes of at least 4 members (excludes halogenated alkanes) is 4. The topological polar surface area (TPSA) is 93.1 Å². The molecule has 0 bridgehead atoms. The minimum atomic E-state index is -4.62. The van der Waals surface area contributed by atoms with Gasteiger partial charge in [0, 0.05) is 5.57 Å². The average molecular weight is 350 g/mol. The van der Waals surface area contributed by atoms with Crippen molar-refractivity contribution in [1.29, 1.82) is 0 Å². The summed E-state index contributed by atoms with van der Waals surface area (Å²) in [6, 6.07) is 0. The van der Waals surface area contributed by atoms with E-state index in [9.17, 15) is 9.36 Å². The van der Waals surface area contributed by atoms with E-state index in [2.05, 4.69) is 20.4 Å². The Labute approximate surface area is 139 Å². The highest BCUT2D eigenvalue weighted by molar-refractivity contribution is 7.46. The molecule has 0 spiro atoms. The van der Waals surface area contributed by atoms with Gasteiger partial charge in [-0.05, 0) is 32.6 Å². The van der Waals surface area contributed by atoms with Crippen LogP contribution < -0.4 is 0 Å². The minimum absolute atomic E-state index is 0.261. The zero-order chi connectivity index (χ0) is 17.9. The molecule has 0 aliphatic heterocycles. The molecule has 136 valence electrons. The molecule has 0 heterocycles. The molecule has 0 unspecified atom stereocenters. The van der Waals surface area contributed by atoms with Crippen LogP contribution in [0.3, 0.4) is 0 Å². The third-order valence-corrected chi connectivity index (χ3v) is 4.09. The lowest BCUT2D eigenvalue weighted by Crippen LogP contribution is -2.40. The largest absolute Gasteiger partial charge is 0.469 e. The van der Waals surface area contributed by atoms with Crippen LogP contribution in [0.2, 0.25) is 0 Å². The van der Waals surface area contributed by atoms with E-state index in [-0.39, 0.29) is 12.2 Å². The maximum atomic E-state index is 12.0. The van der Waals surface area contributed by atoms with Gasteiger partial charge in [-0.3, -0.25) is 4.52 Å². The molecule has 0 amide bonds. The first-order valence-corrected chi connectivity index (χ1v) is 9.77. The van der Waals surface area contributed by atoms with Crippen LogP contribution in [-0.2, 0) is 18.6 Å². The summed E-state index contributed by atoms with van der Waals surface area (Å²) < 4.78 is 21.3. The average Bonchev–Trinajstić information content (AvgIpc) is 2.45. The molecule has 7 heteroatoms. The van der Waals surface area contributed by atoms with Crippen LogP contribution in [0.4, 0.5) is 0 Å². The molecule has 0 fully saturated rings. The first-order chi connectivity index (χ1) is 10.7. The van der Waals surface area contributed by atoms with Crippen molar-refractivity contribution in [3.8, 4) is 0 Å². The first-order valence-electron chi connectivity index (χ1n) is 8.24. The van der Waals surface area contributed by atoms with Crippen molar-refractivity contribution in [3.63, 3.8) is 0 Å². The predicted molar refractivity (Wildman–Crippen MR) is 89.9 cm³/mol. The highest BCUT2D eigenvalue weighted by Crippen LogP contribution is 2.39. The maximum absolute atomic E-state index is 12.0. The van der Waals surface area contributed by atoms with Crippen LogP contribution in [0, 0.1) is 0 Å². The van der Waals surface area contributed by atoms with E-state index in [0.29, 0.717) is 12.8 Å². The zero-order valence-electron chi connectivity index (χ0n) is 14.5. The van der Waals surface area contributed by atoms with Gasteiger partial charge in [0.25, 0.3) is 0 Å². The minimum Gasteiger partial charge on any atom is -0.453 e. The highest BCUT2D eigenvalue weighted by Gasteiger charge is 2.36. The van der Waals surface area contributed by atoms with Gasteiger partial charge in [-0.15, -0.1) is 0 Å². The standard InChI is InChI=1S/C16H31O6P/c1-5-7-9-11-16(12-10-8-6-2,13-21-23(18,19)20)22-15(17)14(3)4/h3,5-13H2,1-2,4H3,(H2,18,19,20). The zero-order valence-corrected chi connectivity index (χ0v) is 15.4. The predicted octanol–water partition coefficient (Wildman–Crippen LogP) is 4.11. The number of hydrogen-bond donors (Lipinski definition) is 2. The van der Waals surface area contributed by atoms with Gasteiger partial charge < -0.3 is 14.5 Å². The van der Waals surface area contributed by atoms with Gasteiger partial charge in [0.2, 0.25) is 0 Å². The van der Waals surface area contributed by atoms with E-state index in [1.807, 2.05) is 0 Å². The van der Waals surface area contributed by atoms with Crippen molar-refractivity contribution in [1.82, 2.24) is 0 Å². The second kappa shape index (κ2) is 11.0. The quantitative estimate of drug-likeness (QED) is 0.225. The summed E-state index contributed by atoms with van der Waals surface area (Å²) in [5, 5.41) is 0. The molecule has 0 aliphatic carbocycles. The van der Waals surface area contributed by atoms with Crippen LogP contribution in [-0.4, -0.2) is 28.0 Å². The van der Waals surface area contributed by atoms with Crippen LogP contribution in [0.5, 0.6) is 0 Å². The first kappa shape index (κ1) is 22.3. The molecule has 0 aromatic rings. The SMILES string of the molecule is C=C(C)C(=O)OC(CCCCC)(CCCCC)COP(=O)(O)O. The second-order valence-electron chi connectivity index (χ2n) is 6.03. The van der Waals surface area contributed by atoms with Crippen LogP contribution >= 0.6 is 7.82 Å². The van der Waals surface area contributed by atoms with E-state index >= 15 is 0 Å². The summed E-state index contributed by atoms with van der Waals surface area (Å²) in [5.74, 6) is -0.549. The Balaban J connectivity index is 5.17. The number of rotatable bonds is 13. The molecule has 0 saturated heterocycles. The second-order valence-corrected chi connectivity index (χ2v) is 7.27. The van der Waals surface area contributed by atoms with E-state index in [1.165, 1.54) is 0 Å². The van der Waals surface area contributed by atoms with Gasteiger partial charge >= 0.3 is 13.8 Å². The van der Waals surface area contributed by atoms with Gasteiger partial charge in [0.05, 0.1) is 6.61 Å². The summed E-state index contributed by atoms with van der Waals surface area (Å²) in [7, 11) is -4.62. The van der Waals surface area contributed by atoms with Crippen molar-refractivity contribution in [2.24, 2.45) is 0 Å². The van der Waals surface area contributed by atoms with Crippen molar-refractivity contribution in [2.45, 2.75) is 77.7 Å². The Kier molecular flexibility index (Phi) is 10.7. The van der Waals surface area contributed by atoms with Crippen molar-refractivity contribution in [2.75, 3.05) is 6.61 Å². The molecule has 0 radical (unpaired) electrons. The number of carbonyl (C=O) groups is 1. The van der Waals surface area contributed by atoms with E-state index in [4.69, 9.17) is 19.0 Å². The number of hydrogen-bond acceptors (Lipinski definition) is 4. The smallest absolute Gasteiger partial charge is 0.453 e. The number of phosphoric acid groups is 1. The van der Waals surface area contributed by atoms with Gasteiger partial charge in [0.15, 0.2) is 0 Å². The highest BCUT2D eigenvalue weighted by atomic mass is 31.2. The van der Waals surface area contributed by atoms with E-state index < -0.39 is 19.4 Å². The number of ether oxygens (including phenoxy) is 1. The fraction of sp³-hybridized carbons (Fsp3) is 0.812. The van der Waals surface area contributed by atoms with Crippen molar-refractivity contribution < 1.29 is 28.4 Å². The van der Waals surface area contributed by atoms with Crippen molar-refractivity contribution in [3.05, 3.63) is 12.2 Å². The molecule has 0 atom stereocenters. The van der Waals surface area contributed by atoms with Crippen LogP contribution in [0.1, 0.15) is 72.1 Å². The molecule has 2 N–H and O–H groups in total. The lowest BCUT2D eigenvalue weighted by atomic mass is 9.90. The van der Waals surface area contributed by atoms with Gasteiger partial charge in [-0.25, -0.2) is 9.36 Å². The molecule has 0 saturated carbocycles. The Morgan fingerprint density at radius 1 is 1.09 bits per heavy atom. The Bertz CT molecular complexity index is 405. The Hall–Kier alpha value is -0.680. The van der Waals surface area contributed by atoms with Gasteiger partial charge in [-0.2, -0.15) is 0 Å². The molecular formula is C16H31O6P. The fourth-order valence-electron chi connectivity index (χ4n) is 2.28. The number of carbonyl (C=O) groups excluding carboxylic acids is 1. The lowest BCUT2D eigenvalue weighted by Gasteiger charge is -2.33. The van der Waals surface area contributed by atoms with Gasteiger partial charge in [0.1, 0.15) is 5.60 Å². The molecule has 23 heavy (non-hydrogen) atoms. The number of phosphoric ester groups is 1. The molecule has 0 aliphatic rings. The summed E-state index contributed by atoms with van der Waals surface area (Å²) >= 11 is 0. The molecular weight excluding hydrogens is 319 g/mol. The normalized spacial score (nSPS) is 12.2.